The first-order chi connectivity index (χ1) is 23.6. The Labute approximate surface area is 297 Å². The Hall–Kier alpha value is -3.13. The normalized spacial score (nSPS) is 31.0. The fourth-order valence-electron chi connectivity index (χ4n) is 7.55. The SMILES string of the molecule is C[C@@H]1[C@@H]([Si](C)(C)F)[C@H](CCn2cc(CCO)nn2)O[C@@]12C(=O)N(Cc1ccc(NC(=O)[C@H]3O[C@@H](O)[C@H](O)[C@@H](O)[C@@H]3O)cc1)c1ccc(Br)cc12. The van der Waals surface area contributed by atoms with Crippen LogP contribution in [0.1, 0.15) is 30.2 Å². The molecule has 3 aliphatic rings. The summed E-state index contributed by atoms with van der Waals surface area (Å²) in [7, 11) is -3.38. The molecule has 0 unspecified atom stereocenters. The van der Waals surface area contributed by atoms with Gasteiger partial charge in [0.1, 0.15) is 18.3 Å². The molecule has 1 spiro atoms. The lowest BCUT2D eigenvalue weighted by Gasteiger charge is -2.37. The molecule has 6 rings (SSSR count). The molecule has 0 bridgehead atoms. The van der Waals surface area contributed by atoms with Crippen LogP contribution in [-0.4, -0.2) is 104 Å². The van der Waals surface area contributed by atoms with E-state index in [1.54, 1.807) is 53.1 Å². The van der Waals surface area contributed by atoms with E-state index in [9.17, 15) is 35.1 Å². The van der Waals surface area contributed by atoms with Crippen LogP contribution in [0.15, 0.2) is 53.1 Å². The number of carbonyl (C=O) groups is 2. The molecule has 2 amide bonds. The zero-order valence-electron chi connectivity index (χ0n) is 27.7. The van der Waals surface area contributed by atoms with Gasteiger partial charge in [0.15, 0.2) is 18.0 Å². The minimum atomic E-state index is -3.38. The van der Waals surface area contributed by atoms with Crippen LogP contribution in [0.2, 0.25) is 18.6 Å². The Balaban J connectivity index is 1.22. The van der Waals surface area contributed by atoms with Crippen molar-refractivity contribution in [1.82, 2.24) is 15.0 Å². The monoisotopic (exact) mass is 777 g/mol. The van der Waals surface area contributed by atoms with Gasteiger partial charge in [-0.05, 0) is 55.4 Å². The van der Waals surface area contributed by atoms with E-state index in [1.807, 2.05) is 25.1 Å². The molecular weight excluding hydrogens is 737 g/mol. The quantitative estimate of drug-likeness (QED) is 0.129. The first kappa shape index (κ1) is 36.7. The molecule has 2 fully saturated rings. The number of halogens is 2. The van der Waals surface area contributed by atoms with E-state index in [0.717, 1.165) is 4.47 Å². The average Bonchev–Trinajstić information content (AvgIpc) is 3.71. The van der Waals surface area contributed by atoms with Crippen LogP contribution in [0.4, 0.5) is 15.5 Å². The van der Waals surface area contributed by atoms with Crippen molar-refractivity contribution < 1.29 is 48.7 Å². The maximum atomic E-state index is 16.2. The van der Waals surface area contributed by atoms with Gasteiger partial charge in [-0.15, -0.1) is 5.10 Å². The van der Waals surface area contributed by atoms with Crippen LogP contribution < -0.4 is 10.2 Å². The second-order valence-electron chi connectivity index (χ2n) is 13.7. The lowest BCUT2D eigenvalue weighted by atomic mass is 9.82. The van der Waals surface area contributed by atoms with Gasteiger partial charge < -0.3 is 49.3 Å². The van der Waals surface area contributed by atoms with E-state index < -0.39 is 68.2 Å². The minimum Gasteiger partial charge on any atom is -0.396 e. The van der Waals surface area contributed by atoms with Crippen molar-refractivity contribution in [3.05, 3.63) is 70.0 Å². The Kier molecular flexibility index (Phi) is 10.3. The zero-order chi connectivity index (χ0) is 36.1. The summed E-state index contributed by atoms with van der Waals surface area (Å²) in [5.74, 6) is -1.62. The summed E-state index contributed by atoms with van der Waals surface area (Å²) < 4.78 is 30.4. The number of nitrogens with zero attached hydrogens (tertiary/aromatic N) is 4. The molecule has 2 aromatic carbocycles. The van der Waals surface area contributed by atoms with Gasteiger partial charge in [0.05, 0.1) is 24.0 Å². The van der Waals surface area contributed by atoms with E-state index >= 15 is 4.11 Å². The van der Waals surface area contributed by atoms with Crippen molar-refractivity contribution in [2.75, 3.05) is 16.8 Å². The molecular formula is C33H41BrFN5O9Si. The number of amides is 2. The molecule has 4 heterocycles. The maximum absolute atomic E-state index is 16.2. The molecule has 14 nitrogen and oxygen atoms in total. The predicted molar refractivity (Wildman–Crippen MR) is 183 cm³/mol. The van der Waals surface area contributed by atoms with Crippen molar-refractivity contribution >= 4 is 47.5 Å². The Morgan fingerprint density at radius 2 is 1.82 bits per heavy atom. The number of aliphatic hydroxyl groups is 5. The molecule has 3 aromatic rings. The molecule has 0 aliphatic carbocycles. The molecule has 2 saturated heterocycles. The van der Waals surface area contributed by atoms with Gasteiger partial charge in [0.25, 0.3) is 11.8 Å². The number of aliphatic hydroxyl groups excluding tert-OH is 5. The van der Waals surface area contributed by atoms with Crippen molar-refractivity contribution in [3.8, 4) is 0 Å². The standard InChI is InChI=1S/C33H41BrFN5O9Si/c1-17-29(50(2,3)35)24(10-12-39-16-21(11-13-41)37-38-39)49-33(17)22-14-19(34)6-9-23(22)40(32(33)47)15-18-4-7-20(8-5-18)36-30(45)28-26(43)25(42)27(44)31(46)48-28/h4-9,14,16-17,24-29,31,41-44,46H,10-13,15H2,1-3H3,(H,36,45)/t17-,24+,25+,26+,27-,28+,29-,31-,33+/m1/s1. The third-order valence-electron chi connectivity index (χ3n) is 9.93. The number of carbonyl (C=O) groups excluding carboxylic acids is 2. The third kappa shape index (κ3) is 6.66. The van der Waals surface area contributed by atoms with Crippen molar-refractivity contribution in [3.63, 3.8) is 0 Å². The van der Waals surface area contributed by atoms with E-state index in [0.29, 0.717) is 47.6 Å². The smallest absolute Gasteiger partial charge is 0.264 e. The van der Waals surface area contributed by atoms with Crippen LogP contribution in [0, 0.1) is 5.92 Å². The molecule has 17 heteroatoms. The van der Waals surface area contributed by atoms with E-state index in [4.69, 9.17) is 9.47 Å². The second-order valence-corrected chi connectivity index (χ2v) is 18.4. The van der Waals surface area contributed by atoms with E-state index in [-0.39, 0.29) is 19.1 Å². The number of rotatable bonds is 10. The minimum absolute atomic E-state index is 0.0483. The second kappa shape index (κ2) is 14.1. The summed E-state index contributed by atoms with van der Waals surface area (Å²) in [4.78, 5) is 29.1. The Bertz CT molecular complexity index is 1730. The molecule has 9 atom stereocenters. The zero-order valence-corrected chi connectivity index (χ0v) is 30.3. The Morgan fingerprint density at radius 1 is 1.10 bits per heavy atom. The number of hydrogen-bond donors (Lipinski definition) is 6. The van der Waals surface area contributed by atoms with Gasteiger partial charge in [-0.2, -0.15) is 0 Å². The lowest BCUT2D eigenvalue weighted by molar-refractivity contribution is -0.274. The van der Waals surface area contributed by atoms with Crippen molar-refractivity contribution in [2.24, 2.45) is 5.92 Å². The van der Waals surface area contributed by atoms with Gasteiger partial charge >= 0.3 is 0 Å². The van der Waals surface area contributed by atoms with Crippen molar-refractivity contribution in [2.45, 2.75) is 93.9 Å². The van der Waals surface area contributed by atoms with Crippen LogP contribution in [0.5, 0.6) is 0 Å². The largest absolute Gasteiger partial charge is 0.396 e. The predicted octanol–water partition coefficient (Wildman–Crippen LogP) is 1.73. The molecule has 50 heavy (non-hydrogen) atoms. The van der Waals surface area contributed by atoms with Gasteiger partial charge in [-0.25, -0.2) is 0 Å². The molecule has 0 radical (unpaired) electrons. The highest BCUT2D eigenvalue weighted by atomic mass is 79.9. The topological polar surface area (TPSA) is 200 Å². The van der Waals surface area contributed by atoms with Gasteiger partial charge in [-0.1, -0.05) is 40.2 Å². The molecule has 6 N–H and O–H groups in total. The van der Waals surface area contributed by atoms with Crippen molar-refractivity contribution in [1.29, 1.82) is 0 Å². The number of aromatic nitrogens is 3. The maximum Gasteiger partial charge on any atom is 0.264 e. The van der Waals surface area contributed by atoms with E-state index in [1.165, 1.54) is 0 Å². The fraction of sp³-hybridized carbons (Fsp3) is 0.515. The van der Waals surface area contributed by atoms with Crippen LogP contribution in [0.25, 0.3) is 0 Å². The fourth-order valence-corrected chi connectivity index (χ4v) is 10.5. The summed E-state index contributed by atoms with van der Waals surface area (Å²) in [6.45, 7) is 5.68. The molecule has 1 aromatic heterocycles. The van der Waals surface area contributed by atoms with E-state index in [2.05, 4.69) is 31.6 Å². The van der Waals surface area contributed by atoms with Gasteiger partial charge in [0.2, 0.25) is 8.41 Å². The lowest BCUT2D eigenvalue weighted by Crippen LogP contribution is -2.60. The van der Waals surface area contributed by atoms with Crippen LogP contribution in [0.3, 0.4) is 0 Å². The summed E-state index contributed by atoms with van der Waals surface area (Å²) >= 11 is 3.55. The summed E-state index contributed by atoms with van der Waals surface area (Å²) in [5, 5.41) is 59.6. The van der Waals surface area contributed by atoms with Gasteiger partial charge in [0, 0.05) is 53.0 Å². The number of ether oxygens (including phenoxy) is 2. The highest BCUT2D eigenvalue weighted by molar-refractivity contribution is 9.10. The number of benzene rings is 2. The first-order valence-electron chi connectivity index (χ1n) is 16.4. The molecule has 3 aliphatic heterocycles. The number of nitrogens with one attached hydrogen (secondary N) is 1. The Morgan fingerprint density at radius 3 is 2.50 bits per heavy atom. The number of fused-ring (bicyclic) bond motifs is 2. The summed E-state index contributed by atoms with van der Waals surface area (Å²) in [6.07, 6.45) is -6.84. The third-order valence-corrected chi connectivity index (χ3v) is 12.9. The van der Waals surface area contributed by atoms with Gasteiger partial charge in [-0.3, -0.25) is 14.3 Å². The number of hydrogen-bond acceptors (Lipinski definition) is 11. The molecule has 270 valence electrons. The highest BCUT2D eigenvalue weighted by Gasteiger charge is 2.66. The number of anilines is 2. The average molecular weight is 779 g/mol. The summed E-state index contributed by atoms with van der Waals surface area (Å²) in [6, 6.07) is 12.1. The highest BCUT2D eigenvalue weighted by Crippen LogP contribution is 2.60. The van der Waals surface area contributed by atoms with Crippen LogP contribution in [-0.2, 0) is 44.2 Å². The first-order valence-corrected chi connectivity index (χ1v) is 20.2. The molecule has 0 saturated carbocycles. The van der Waals surface area contributed by atoms with Crippen LogP contribution >= 0.6 is 15.9 Å². The summed E-state index contributed by atoms with van der Waals surface area (Å²) in [5.41, 5.74) is 1.07. The number of aryl methyl sites for hydroxylation is 1.